The van der Waals surface area contributed by atoms with Crippen molar-refractivity contribution in [1.29, 1.82) is 5.26 Å². The first-order valence-corrected chi connectivity index (χ1v) is 6.87. The summed E-state index contributed by atoms with van der Waals surface area (Å²) in [5.41, 5.74) is 2.53. The fourth-order valence-corrected chi connectivity index (χ4v) is 2.90. The third kappa shape index (κ3) is 2.21. The molecule has 1 aliphatic heterocycles. The van der Waals surface area contributed by atoms with E-state index in [-0.39, 0.29) is 12.2 Å². The van der Waals surface area contributed by atoms with Crippen LogP contribution in [-0.4, -0.2) is 30.3 Å². The number of aromatic nitrogens is 1. The molecule has 4 heteroatoms. The Kier molecular flexibility index (Phi) is 3.29. The van der Waals surface area contributed by atoms with Crippen molar-refractivity contribution in [3.63, 3.8) is 0 Å². The summed E-state index contributed by atoms with van der Waals surface area (Å²) in [6.07, 6.45) is 2.15. The van der Waals surface area contributed by atoms with Crippen molar-refractivity contribution in [3.8, 4) is 6.07 Å². The van der Waals surface area contributed by atoms with Gasteiger partial charge in [-0.05, 0) is 38.1 Å². The van der Waals surface area contributed by atoms with Crippen molar-refractivity contribution in [2.45, 2.75) is 26.1 Å². The fraction of sp³-hybridized carbons (Fsp3) is 0.375. The monoisotopic (exact) mass is 267 g/mol. The van der Waals surface area contributed by atoms with Gasteiger partial charge >= 0.3 is 0 Å². The smallest absolute Gasteiger partial charge is 0.101 e. The van der Waals surface area contributed by atoms with Gasteiger partial charge in [0, 0.05) is 30.4 Å². The molecule has 2 heterocycles. The number of morpholine rings is 1. The number of nitriles is 1. The average Bonchev–Trinajstić information content (AvgIpc) is 2.45. The lowest BCUT2D eigenvalue weighted by Crippen LogP contribution is -2.45. The second kappa shape index (κ2) is 5.10. The molecule has 0 bridgehead atoms. The number of rotatable bonds is 1. The van der Waals surface area contributed by atoms with Crippen LogP contribution in [0.5, 0.6) is 0 Å². The molecule has 0 spiro atoms. The molecule has 0 unspecified atom stereocenters. The molecule has 4 nitrogen and oxygen atoms in total. The van der Waals surface area contributed by atoms with Gasteiger partial charge in [-0.1, -0.05) is 0 Å². The Morgan fingerprint density at radius 1 is 1.25 bits per heavy atom. The lowest BCUT2D eigenvalue weighted by molar-refractivity contribution is -0.00513. The quantitative estimate of drug-likeness (QED) is 0.797. The van der Waals surface area contributed by atoms with Gasteiger partial charge in [0.25, 0.3) is 0 Å². The molecule has 20 heavy (non-hydrogen) atoms. The van der Waals surface area contributed by atoms with Crippen LogP contribution in [0.4, 0.5) is 5.69 Å². The number of anilines is 1. The van der Waals surface area contributed by atoms with Crippen molar-refractivity contribution < 1.29 is 4.74 Å². The second-order valence-electron chi connectivity index (χ2n) is 5.31. The number of pyridine rings is 1. The summed E-state index contributed by atoms with van der Waals surface area (Å²) in [5.74, 6) is 0. The molecule has 1 saturated heterocycles. The summed E-state index contributed by atoms with van der Waals surface area (Å²) >= 11 is 0. The number of fused-ring (bicyclic) bond motifs is 1. The lowest BCUT2D eigenvalue weighted by Gasteiger charge is -2.37. The molecule has 0 saturated carbocycles. The zero-order chi connectivity index (χ0) is 14.1. The molecule has 1 aliphatic rings. The van der Waals surface area contributed by atoms with Gasteiger partial charge in [0.1, 0.15) is 6.07 Å². The van der Waals surface area contributed by atoms with E-state index in [2.05, 4.69) is 29.8 Å². The minimum absolute atomic E-state index is 0.209. The normalized spacial score (nSPS) is 22.8. The van der Waals surface area contributed by atoms with E-state index in [1.807, 2.05) is 24.3 Å². The van der Waals surface area contributed by atoms with Gasteiger partial charge in [0.15, 0.2) is 0 Å². The van der Waals surface area contributed by atoms with E-state index in [0.29, 0.717) is 5.56 Å². The average molecular weight is 267 g/mol. The minimum Gasteiger partial charge on any atom is -0.372 e. The van der Waals surface area contributed by atoms with Crippen LogP contribution in [0.25, 0.3) is 10.9 Å². The molecular weight excluding hydrogens is 250 g/mol. The first-order chi connectivity index (χ1) is 9.69. The summed E-state index contributed by atoms with van der Waals surface area (Å²) in [6.45, 7) is 5.90. The Morgan fingerprint density at radius 3 is 2.70 bits per heavy atom. The van der Waals surface area contributed by atoms with Gasteiger partial charge in [0.2, 0.25) is 0 Å². The van der Waals surface area contributed by atoms with Crippen molar-refractivity contribution in [1.82, 2.24) is 4.98 Å². The van der Waals surface area contributed by atoms with E-state index >= 15 is 0 Å². The van der Waals surface area contributed by atoms with Gasteiger partial charge in [0.05, 0.1) is 23.3 Å². The van der Waals surface area contributed by atoms with E-state index in [1.165, 1.54) is 0 Å². The maximum atomic E-state index is 9.20. The van der Waals surface area contributed by atoms with Crippen molar-refractivity contribution in [2.24, 2.45) is 0 Å². The Balaban J connectivity index is 2.11. The number of hydrogen-bond donors (Lipinski definition) is 0. The standard InChI is InChI=1S/C16H17N3O/c1-11-9-19(10-12(2)20-11)15-6-5-13(8-17)16-14(15)4-3-7-18-16/h3-7,11-12H,9-10H2,1-2H3/t11-,12-/m1/s1. The van der Waals surface area contributed by atoms with Crippen LogP contribution >= 0.6 is 0 Å². The van der Waals surface area contributed by atoms with Crippen LogP contribution in [0.3, 0.4) is 0 Å². The van der Waals surface area contributed by atoms with Gasteiger partial charge < -0.3 is 9.64 Å². The van der Waals surface area contributed by atoms with Gasteiger partial charge in [-0.3, -0.25) is 4.98 Å². The second-order valence-corrected chi connectivity index (χ2v) is 5.31. The molecule has 3 rings (SSSR count). The Morgan fingerprint density at radius 2 is 2.00 bits per heavy atom. The molecule has 0 N–H and O–H groups in total. The molecule has 1 aromatic heterocycles. The largest absolute Gasteiger partial charge is 0.372 e. The lowest BCUT2D eigenvalue weighted by atomic mass is 10.1. The summed E-state index contributed by atoms with van der Waals surface area (Å²) in [5, 5.41) is 10.2. The van der Waals surface area contributed by atoms with Crippen LogP contribution in [0, 0.1) is 11.3 Å². The van der Waals surface area contributed by atoms with Crippen molar-refractivity contribution >= 4 is 16.6 Å². The number of nitrogens with zero attached hydrogens (tertiary/aromatic N) is 3. The fourth-order valence-electron chi connectivity index (χ4n) is 2.90. The van der Waals surface area contributed by atoms with E-state index in [9.17, 15) is 5.26 Å². The third-order valence-corrected chi connectivity index (χ3v) is 3.63. The maximum Gasteiger partial charge on any atom is 0.101 e. The zero-order valence-electron chi connectivity index (χ0n) is 11.7. The van der Waals surface area contributed by atoms with Crippen molar-refractivity contribution in [3.05, 3.63) is 36.0 Å². The third-order valence-electron chi connectivity index (χ3n) is 3.63. The summed E-state index contributed by atoms with van der Waals surface area (Å²) in [7, 11) is 0. The van der Waals surface area contributed by atoms with E-state index in [4.69, 9.17) is 4.74 Å². The highest BCUT2D eigenvalue weighted by Crippen LogP contribution is 2.30. The van der Waals surface area contributed by atoms with Crippen LogP contribution < -0.4 is 4.90 Å². The highest BCUT2D eigenvalue weighted by atomic mass is 16.5. The molecule has 1 aromatic carbocycles. The summed E-state index contributed by atoms with van der Waals surface area (Å²) in [4.78, 5) is 6.69. The first kappa shape index (κ1) is 12.9. The number of benzene rings is 1. The molecule has 2 atom stereocenters. The van der Waals surface area contributed by atoms with E-state index in [0.717, 1.165) is 29.7 Å². The molecule has 0 amide bonds. The topological polar surface area (TPSA) is 49.2 Å². The van der Waals surface area contributed by atoms with Crippen LogP contribution in [0.2, 0.25) is 0 Å². The van der Waals surface area contributed by atoms with Crippen LogP contribution in [-0.2, 0) is 4.74 Å². The SMILES string of the molecule is C[C@@H]1CN(c2ccc(C#N)c3ncccc23)C[C@@H](C)O1. The predicted octanol–water partition coefficient (Wildman–Crippen LogP) is 2.72. The Labute approximate surface area is 118 Å². The van der Waals surface area contributed by atoms with E-state index in [1.54, 1.807) is 6.20 Å². The summed E-state index contributed by atoms with van der Waals surface area (Å²) in [6, 6.07) is 10.0. The van der Waals surface area contributed by atoms with Gasteiger partial charge in [-0.15, -0.1) is 0 Å². The van der Waals surface area contributed by atoms with Crippen molar-refractivity contribution in [2.75, 3.05) is 18.0 Å². The molecule has 2 aromatic rings. The highest BCUT2D eigenvalue weighted by Gasteiger charge is 2.24. The van der Waals surface area contributed by atoms with Crippen LogP contribution in [0.15, 0.2) is 30.5 Å². The van der Waals surface area contributed by atoms with E-state index < -0.39 is 0 Å². The minimum atomic E-state index is 0.209. The Bertz CT molecular complexity index is 667. The molecule has 0 radical (unpaired) electrons. The predicted molar refractivity (Wildman–Crippen MR) is 78.7 cm³/mol. The maximum absolute atomic E-state index is 9.20. The highest BCUT2D eigenvalue weighted by molar-refractivity contribution is 5.95. The number of hydrogen-bond acceptors (Lipinski definition) is 4. The molecule has 0 aliphatic carbocycles. The van der Waals surface area contributed by atoms with Gasteiger partial charge in [-0.2, -0.15) is 5.26 Å². The van der Waals surface area contributed by atoms with Gasteiger partial charge in [-0.25, -0.2) is 0 Å². The molecule has 102 valence electrons. The zero-order valence-corrected chi connectivity index (χ0v) is 11.7. The van der Waals surface area contributed by atoms with Crippen LogP contribution in [0.1, 0.15) is 19.4 Å². The Hall–Kier alpha value is -2.12. The number of ether oxygens (including phenoxy) is 1. The first-order valence-electron chi connectivity index (χ1n) is 6.87. The molecular formula is C16H17N3O. The summed E-state index contributed by atoms with van der Waals surface area (Å²) < 4.78 is 5.79. The molecule has 1 fully saturated rings.